The normalized spacial score (nSPS) is 12.3. The molecule has 0 heterocycles. The molecular formula is C44H57N3O15. The van der Waals surface area contributed by atoms with Crippen LogP contribution in [-0.2, 0) is 76.3 Å². The third-order valence-corrected chi connectivity index (χ3v) is 9.22. The molecule has 0 saturated heterocycles. The van der Waals surface area contributed by atoms with Gasteiger partial charge in [0.1, 0.15) is 57.1 Å². The Hall–Kier alpha value is -6.08. The van der Waals surface area contributed by atoms with Crippen molar-refractivity contribution in [2.24, 2.45) is 0 Å². The van der Waals surface area contributed by atoms with Gasteiger partial charge in [0, 0.05) is 51.9 Å². The average Bonchev–Trinajstić information content (AvgIpc) is 3.23. The third-order valence-electron chi connectivity index (χ3n) is 9.22. The molecule has 3 amide bonds. The first-order chi connectivity index (χ1) is 29.6. The molecule has 3 rings (SSSR count). The van der Waals surface area contributed by atoms with Crippen LogP contribution in [0.5, 0.6) is 0 Å². The van der Waals surface area contributed by atoms with E-state index in [-0.39, 0.29) is 64.7 Å². The molecule has 0 saturated carbocycles. The van der Waals surface area contributed by atoms with Crippen LogP contribution >= 0.6 is 0 Å². The van der Waals surface area contributed by atoms with Crippen molar-refractivity contribution in [3.8, 4) is 0 Å². The lowest BCUT2D eigenvalue weighted by Crippen LogP contribution is -2.30. The fourth-order valence-corrected chi connectivity index (χ4v) is 5.54. The Kier molecular flexibility index (Phi) is 21.3. The number of methoxy groups -OCH3 is 4. The van der Waals surface area contributed by atoms with E-state index in [1.807, 2.05) is 19.1 Å². The average molecular weight is 868 g/mol. The van der Waals surface area contributed by atoms with Gasteiger partial charge in [0.15, 0.2) is 0 Å². The molecule has 3 aromatic carbocycles. The predicted molar refractivity (Wildman–Crippen MR) is 226 cm³/mol. The number of rotatable bonds is 24. The van der Waals surface area contributed by atoms with Crippen LogP contribution in [0, 0.1) is 20.8 Å². The van der Waals surface area contributed by atoms with Gasteiger partial charge >= 0.3 is 30.2 Å². The number of hydrogen-bond acceptors (Lipinski definition) is 15. The van der Waals surface area contributed by atoms with Gasteiger partial charge in [0.2, 0.25) is 0 Å². The third kappa shape index (κ3) is 18.3. The van der Waals surface area contributed by atoms with E-state index < -0.39 is 48.5 Å². The largest absolute Gasteiger partial charge is 0.463 e. The summed E-state index contributed by atoms with van der Waals surface area (Å²) >= 11 is 0. The molecule has 18 heteroatoms. The molecule has 0 spiro atoms. The second kappa shape index (κ2) is 26.3. The molecule has 3 aromatic rings. The van der Waals surface area contributed by atoms with Gasteiger partial charge in [-0.3, -0.25) is 30.3 Å². The Bertz CT molecular complexity index is 1990. The molecule has 18 nitrogen and oxygen atoms in total. The van der Waals surface area contributed by atoms with Crippen LogP contribution in [-0.4, -0.2) is 122 Å². The molecule has 3 atom stereocenters. The van der Waals surface area contributed by atoms with Gasteiger partial charge in [-0.05, 0) is 79.3 Å². The second-order valence-corrected chi connectivity index (χ2v) is 14.2. The van der Waals surface area contributed by atoms with Gasteiger partial charge in [-0.25, -0.2) is 14.4 Å². The van der Waals surface area contributed by atoms with Crippen LogP contribution in [0.2, 0.25) is 0 Å². The summed E-state index contributed by atoms with van der Waals surface area (Å²) in [4.78, 5) is 74.4. The van der Waals surface area contributed by atoms with Crippen LogP contribution in [0.3, 0.4) is 0 Å². The standard InChI is InChI=1S/C44H57N3O15/c1-27-9-12-31(16-33(27)15-30(4)48)18-40(49)58-22-36(56-7)23-59-41(50)19-32-13-10-28(2)38(17-32)46-43(52)62-26-37(57-8)25-60-42(51)45-34-14-11-29(3)39(20-34)47-44(53)61-24-35(55-6)21-54-5/h9-14,16-17,20,35-37H,15,18-19,21-26H2,1-8H3,(H,45,51)(H,46,52)(H,47,53). The Balaban J connectivity index is 1.41. The fourth-order valence-electron chi connectivity index (χ4n) is 5.54. The van der Waals surface area contributed by atoms with Crippen molar-refractivity contribution in [1.82, 2.24) is 0 Å². The van der Waals surface area contributed by atoms with Crippen molar-refractivity contribution in [2.75, 3.05) is 84.0 Å². The topological polar surface area (TPSA) is 222 Å². The lowest BCUT2D eigenvalue weighted by Gasteiger charge is -2.17. The summed E-state index contributed by atoms with van der Waals surface area (Å²) in [6.45, 7) is 6.33. The highest BCUT2D eigenvalue weighted by Crippen LogP contribution is 2.22. The highest BCUT2D eigenvalue weighted by Gasteiger charge is 2.19. The molecule has 338 valence electrons. The lowest BCUT2D eigenvalue weighted by molar-refractivity contribution is -0.152. The van der Waals surface area contributed by atoms with Crippen molar-refractivity contribution in [1.29, 1.82) is 0 Å². The van der Waals surface area contributed by atoms with E-state index in [0.29, 0.717) is 39.3 Å². The Morgan fingerprint density at radius 2 is 0.903 bits per heavy atom. The van der Waals surface area contributed by atoms with Crippen LogP contribution in [0.15, 0.2) is 54.6 Å². The Morgan fingerprint density at radius 1 is 0.484 bits per heavy atom. The van der Waals surface area contributed by atoms with E-state index in [1.54, 1.807) is 50.2 Å². The van der Waals surface area contributed by atoms with E-state index in [0.717, 1.165) is 11.1 Å². The highest BCUT2D eigenvalue weighted by molar-refractivity contribution is 5.90. The first kappa shape index (κ1) is 50.3. The number of benzene rings is 3. The second-order valence-electron chi connectivity index (χ2n) is 14.2. The van der Waals surface area contributed by atoms with E-state index in [2.05, 4.69) is 16.0 Å². The molecule has 0 aliphatic carbocycles. The number of nitrogens with one attached hydrogen (secondary N) is 3. The van der Waals surface area contributed by atoms with Gasteiger partial charge in [0.25, 0.3) is 0 Å². The molecule has 3 unspecified atom stereocenters. The molecule has 0 radical (unpaired) electrons. The fraction of sp³-hybridized carbons (Fsp3) is 0.455. The molecule has 0 aliphatic rings. The van der Waals surface area contributed by atoms with Gasteiger partial charge in [-0.2, -0.15) is 0 Å². The van der Waals surface area contributed by atoms with E-state index in [1.165, 1.54) is 41.4 Å². The predicted octanol–water partition coefficient (Wildman–Crippen LogP) is 5.65. The van der Waals surface area contributed by atoms with Crippen molar-refractivity contribution < 1.29 is 71.4 Å². The summed E-state index contributed by atoms with van der Waals surface area (Å²) in [7, 11) is 5.76. The van der Waals surface area contributed by atoms with Crippen molar-refractivity contribution in [3.63, 3.8) is 0 Å². The summed E-state index contributed by atoms with van der Waals surface area (Å²) in [6, 6.07) is 15.4. The Morgan fingerprint density at radius 3 is 1.39 bits per heavy atom. The maximum Gasteiger partial charge on any atom is 0.411 e. The van der Waals surface area contributed by atoms with E-state index in [9.17, 15) is 28.8 Å². The number of anilines is 3. The minimum atomic E-state index is -0.820. The van der Waals surface area contributed by atoms with Crippen molar-refractivity contribution >= 4 is 53.1 Å². The molecule has 0 aromatic heterocycles. The maximum atomic E-state index is 12.7. The molecular weight excluding hydrogens is 810 g/mol. The first-order valence-corrected chi connectivity index (χ1v) is 19.6. The number of hydrogen-bond donors (Lipinski definition) is 3. The van der Waals surface area contributed by atoms with Crippen LogP contribution < -0.4 is 16.0 Å². The number of Topliss-reactive ketones (excluding diaryl/α,β-unsaturated/α-hetero) is 1. The number of carbonyl (C=O) groups is 6. The zero-order valence-electron chi connectivity index (χ0n) is 36.4. The summed E-state index contributed by atoms with van der Waals surface area (Å²) in [5.74, 6) is -1.04. The summed E-state index contributed by atoms with van der Waals surface area (Å²) < 4.78 is 47.4. The number of aryl methyl sites for hydroxylation is 3. The molecule has 0 fully saturated rings. The maximum absolute atomic E-state index is 12.7. The zero-order chi connectivity index (χ0) is 45.6. The van der Waals surface area contributed by atoms with Crippen LogP contribution in [0.25, 0.3) is 0 Å². The van der Waals surface area contributed by atoms with Gasteiger partial charge in [0.05, 0.1) is 19.4 Å². The molecule has 0 aliphatic heterocycles. The number of esters is 2. The first-order valence-electron chi connectivity index (χ1n) is 19.6. The summed E-state index contributed by atoms with van der Waals surface area (Å²) in [5, 5.41) is 7.84. The number of amides is 3. The molecule has 3 N–H and O–H groups in total. The van der Waals surface area contributed by atoms with Gasteiger partial charge in [-0.1, -0.05) is 36.4 Å². The van der Waals surface area contributed by atoms with Crippen molar-refractivity contribution in [2.45, 2.75) is 65.3 Å². The number of carbonyl (C=O) groups excluding carboxylic acids is 6. The van der Waals surface area contributed by atoms with Crippen LogP contribution in [0.4, 0.5) is 31.4 Å². The minimum absolute atomic E-state index is 0.00498. The minimum Gasteiger partial charge on any atom is -0.463 e. The van der Waals surface area contributed by atoms with E-state index >= 15 is 0 Å². The van der Waals surface area contributed by atoms with Crippen LogP contribution in [0.1, 0.15) is 40.3 Å². The van der Waals surface area contributed by atoms with Gasteiger partial charge < -0.3 is 42.6 Å². The summed E-state index contributed by atoms with van der Waals surface area (Å²) in [6.07, 6.45) is -4.14. The SMILES string of the molecule is COCC(COC(=O)Nc1cc(NC(=O)OCC(COC(=O)Nc2cc(CC(=O)OCC(COC(=O)Cc3ccc(C)c(CC(C)=O)c3)OC)ccc2C)OC)ccc1C)OC. The monoisotopic (exact) mass is 867 g/mol. The summed E-state index contributed by atoms with van der Waals surface area (Å²) in [5.41, 5.74) is 5.59. The van der Waals surface area contributed by atoms with Gasteiger partial charge in [-0.15, -0.1) is 0 Å². The quantitative estimate of drug-likeness (QED) is 0.0731. The Labute approximate surface area is 361 Å². The smallest absolute Gasteiger partial charge is 0.411 e. The number of ether oxygens (including phenoxy) is 9. The highest BCUT2D eigenvalue weighted by atomic mass is 16.6. The zero-order valence-corrected chi connectivity index (χ0v) is 36.4. The van der Waals surface area contributed by atoms with Crippen molar-refractivity contribution in [3.05, 3.63) is 88.0 Å². The molecule has 62 heavy (non-hydrogen) atoms. The number of ketones is 1. The molecule has 0 bridgehead atoms. The lowest BCUT2D eigenvalue weighted by atomic mass is 9.99. The van der Waals surface area contributed by atoms with E-state index in [4.69, 9.17) is 42.6 Å².